The number of benzene rings is 3. The van der Waals surface area contributed by atoms with E-state index in [1.807, 2.05) is 0 Å². The molecule has 0 bridgehead atoms. The molecule has 0 radical (unpaired) electrons. The molecule has 0 aliphatic heterocycles. The molecule has 0 heterocycles. The maximum absolute atomic E-state index is 14.3. The molecule has 114 valence electrons. The van der Waals surface area contributed by atoms with E-state index in [4.69, 9.17) is 0 Å². The largest absolute Gasteiger partial charge is 0.504 e. The van der Waals surface area contributed by atoms with E-state index in [2.05, 4.69) is 0 Å². The molecule has 22 heavy (non-hydrogen) atoms. The average molecular weight is 318 g/mol. The van der Waals surface area contributed by atoms with Gasteiger partial charge in [-0.3, -0.25) is 0 Å². The number of fused-ring (bicyclic) bond motifs is 2. The van der Waals surface area contributed by atoms with Crippen LogP contribution in [0.3, 0.4) is 0 Å². The molecule has 3 aromatic carbocycles. The molecule has 3 rings (SSSR count). The molecule has 0 aliphatic carbocycles. The van der Waals surface area contributed by atoms with E-state index < -0.39 is 67.9 Å². The van der Waals surface area contributed by atoms with E-state index in [9.17, 15) is 36.6 Å². The molecule has 0 saturated heterocycles. The third-order valence-corrected chi connectivity index (χ3v) is 3.29. The Labute approximate surface area is 117 Å². The predicted molar refractivity (Wildman–Crippen MR) is 64.5 cm³/mol. The first-order valence-electron chi connectivity index (χ1n) is 5.74. The second-order valence-electron chi connectivity index (χ2n) is 4.53. The number of aromatic hydroxyl groups is 2. The Bertz CT molecular complexity index is 968. The fourth-order valence-corrected chi connectivity index (χ4v) is 2.26. The van der Waals surface area contributed by atoms with Gasteiger partial charge in [-0.05, 0) is 17.5 Å². The van der Waals surface area contributed by atoms with Gasteiger partial charge in [0.2, 0.25) is 0 Å². The van der Waals surface area contributed by atoms with Gasteiger partial charge in [-0.1, -0.05) is 0 Å². The summed E-state index contributed by atoms with van der Waals surface area (Å²) >= 11 is 0. The Balaban J connectivity index is 2.68. The maximum Gasteiger partial charge on any atom is 0.198 e. The van der Waals surface area contributed by atoms with E-state index >= 15 is 0 Å². The van der Waals surface area contributed by atoms with Crippen molar-refractivity contribution in [1.29, 1.82) is 0 Å². The van der Waals surface area contributed by atoms with Crippen LogP contribution in [-0.2, 0) is 0 Å². The van der Waals surface area contributed by atoms with Crippen molar-refractivity contribution in [1.82, 2.24) is 0 Å². The molecule has 0 aliphatic rings. The van der Waals surface area contributed by atoms with Crippen molar-refractivity contribution in [2.45, 2.75) is 0 Å². The van der Waals surface area contributed by atoms with E-state index in [-0.39, 0.29) is 0 Å². The summed E-state index contributed by atoms with van der Waals surface area (Å²) in [5, 5.41) is 14.8. The van der Waals surface area contributed by atoms with Gasteiger partial charge in [0.05, 0.1) is 10.8 Å². The van der Waals surface area contributed by atoms with E-state index in [1.165, 1.54) is 0 Å². The Hall–Kier alpha value is -2.64. The third-order valence-electron chi connectivity index (χ3n) is 3.29. The van der Waals surface area contributed by atoms with Crippen LogP contribution in [0.1, 0.15) is 0 Å². The van der Waals surface area contributed by atoms with Gasteiger partial charge in [-0.25, -0.2) is 26.3 Å². The molecule has 8 heteroatoms. The highest BCUT2D eigenvalue weighted by atomic mass is 19.2. The van der Waals surface area contributed by atoms with Gasteiger partial charge in [-0.15, -0.1) is 0 Å². The zero-order chi connectivity index (χ0) is 16.3. The summed E-state index contributed by atoms with van der Waals surface area (Å²) in [5.74, 6) is -13.9. The summed E-state index contributed by atoms with van der Waals surface area (Å²) in [5.41, 5.74) is 0. The highest BCUT2D eigenvalue weighted by molar-refractivity contribution is 6.01. The van der Waals surface area contributed by atoms with Crippen LogP contribution in [0, 0.1) is 34.9 Å². The van der Waals surface area contributed by atoms with Crippen molar-refractivity contribution in [3.63, 3.8) is 0 Å². The van der Waals surface area contributed by atoms with Gasteiger partial charge in [0.25, 0.3) is 0 Å². The van der Waals surface area contributed by atoms with E-state index in [0.717, 1.165) is 0 Å². The summed E-state index contributed by atoms with van der Waals surface area (Å²) in [6.07, 6.45) is 0. The lowest BCUT2D eigenvalue weighted by Crippen LogP contribution is -2.01. The fourth-order valence-electron chi connectivity index (χ4n) is 2.26. The molecule has 0 atom stereocenters. The number of rotatable bonds is 0. The molecule has 0 amide bonds. The SMILES string of the molecule is Oc1cc2cc3c(F)c(F)c(F)c(F)c3c(F)c2c(F)c1O. The average Bonchev–Trinajstić information content (AvgIpc) is 2.48. The Morgan fingerprint density at radius 3 is 1.82 bits per heavy atom. The first-order valence-corrected chi connectivity index (χ1v) is 5.74. The van der Waals surface area contributed by atoms with Crippen molar-refractivity contribution in [2.24, 2.45) is 0 Å². The first-order chi connectivity index (χ1) is 10.3. The minimum absolute atomic E-state index is 0.470. The van der Waals surface area contributed by atoms with Gasteiger partial charge in [0.1, 0.15) is 5.82 Å². The summed E-state index contributed by atoms with van der Waals surface area (Å²) in [6, 6.07) is 1.31. The summed E-state index contributed by atoms with van der Waals surface area (Å²) < 4.78 is 81.9. The van der Waals surface area contributed by atoms with Crippen LogP contribution >= 0.6 is 0 Å². The summed E-state index contributed by atoms with van der Waals surface area (Å²) in [4.78, 5) is 0. The minimum Gasteiger partial charge on any atom is -0.504 e. The smallest absolute Gasteiger partial charge is 0.198 e. The molecule has 3 aromatic rings. The zero-order valence-electron chi connectivity index (χ0n) is 10.3. The van der Waals surface area contributed by atoms with Crippen LogP contribution in [0.5, 0.6) is 11.5 Å². The monoisotopic (exact) mass is 318 g/mol. The van der Waals surface area contributed by atoms with Crippen LogP contribution in [0.2, 0.25) is 0 Å². The number of hydrogen-bond acceptors (Lipinski definition) is 2. The van der Waals surface area contributed by atoms with Crippen LogP contribution in [0.4, 0.5) is 26.3 Å². The van der Waals surface area contributed by atoms with Crippen LogP contribution in [0.25, 0.3) is 21.5 Å². The van der Waals surface area contributed by atoms with Crippen molar-refractivity contribution in [3.05, 3.63) is 47.0 Å². The first kappa shape index (κ1) is 14.3. The fraction of sp³-hybridized carbons (Fsp3) is 0. The molecule has 2 nitrogen and oxygen atoms in total. The Kier molecular flexibility index (Phi) is 2.88. The highest BCUT2D eigenvalue weighted by Crippen LogP contribution is 2.40. The summed E-state index contributed by atoms with van der Waals surface area (Å²) in [7, 11) is 0. The molecule has 0 spiro atoms. The summed E-state index contributed by atoms with van der Waals surface area (Å²) in [6.45, 7) is 0. The number of halogens is 6. The molecule has 0 saturated carbocycles. The van der Waals surface area contributed by atoms with Gasteiger partial charge >= 0.3 is 0 Å². The highest BCUT2D eigenvalue weighted by Gasteiger charge is 2.26. The van der Waals surface area contributed by atoms with Gasteiger partial charge < -0.3 is 10.2 Å². The topological polar surface area (TPSA) is 40.5 Å². The quantitative estimate of drug-likeness (QED) is 0.214. The molecule has 2 N–H and O–H groups in total. The molecular formula is C14H4F6O2. The second kappa shape index (κ2) is 4.43. The van der Waals surface area contributed by atoms with E-state index in [0.29, 0.717) is 12.1 Å². The molecule has 0 aromatic heterocycles. The number of phenolic OH excluding ortho intramolecular Hbond substituents is 2. The zero-order valence-corrected chi connectivity index (χ0v) is 10.3. The van der Waals surface area contributed by atoms with E-state index in [1.54, 1.807) is 0 Å². The molecular weight excluding hydrogens is 314 g/mol. The maximum atomic E-state index is 14.3. The molecule has 0 unspecified atom stereocenters. The van der Waals surface area contributed by atoms with Crippen molar-refractivity contribution in [2.75, 3.05) is 0 Å². The van der Waals surface area contributed by atoms with Gasteiger partial charge in [-0.2, -0.15) is 0 Å². The lowest BCUT2D eigenvalue weighted by atomic mass is 10.00. The number of hydrogen-bond donors (Lipinski definition) is 2. The van der Waals surface area contributed by atoms with Crippen molar-refractivity contribution < 1.29 is 36.6 Å². The van der Waals surface area contributed by atoms with Crippen LogP contribution in [0.15, 0.2) is 12.1 Å². The van der Waals surface area contributed by atoms with Gasteiger partial charge in [0, 0.05) is 5.39 Å². The van der Waals surface area contributed by atoms with Crippen LogP contribution < -0.4 is 0 Å². The van der Waals surface area contributed by atoms with Crippen molar-refractivity contribution >= 4 is 21.5 Å². The van der Waals surface area contributed by atoms with Crippen molar-refractivity contribution in [3.8, 4) is 11.5 Å². The normalized spacial score (nSPS) is 11.5. The van der Waals surface area contributed by atoms with Crippen LogP contribution in [-0.4, -0.2) is 10.2 Å². The third kappa shape index (κ3) is 1.63. The Morgan fingerprint density at radius 1 is 0.591 bits per heavy atom. The number of phenols is 2. The predicted octanol–water partition coefficient (Wildman–Crippen LogP) is 4.24. The molecule has 0 fully saturated rings. The second-order valence-corrected chi connectivity index (χ2v) is 4.53. The standard InChI is InChI=1S/C14H4F6O2/c15-8-4-1-3-2-5(21)14(22)11(18)6(3)9(16)7(4)10(17)13(20)12(8)19/h1-2,21-22H. The minimum atomic E-state index is -2.24. The van der Waals surface area contributed by atoms with Gasteiger partial charge in [0.15, 0.2) is 40.6 Å². The lowest BCUT2D eigenvalue weighted by molar-refractivity contribution is 0.381. The lowest BCUT2D eigenvalue weighted by Gasteiger charge is -2.10. The Morgan fingerprint density at radius 2 is 1.18 bits per heavy atom.